The summed E-state index contributed by atoms with van der Waals surface area (Å²) in [5, 5.41) is 7.72. The number of hydrogen-bond acceptors (Lipinski definition) is 3. The minimum absolute atomic E-state index is 0.314. The lowest BCUT2D eigenvalue weighted by Gasteiger charge is -2.00. The van der Waals surface area contributed by atoms with Gasteiger partial charge in [0, 0.05) is 6.07 Å². The summed E-state index contributed by atoms with van der Waals surface area (Å²) in [4.78, 5) is 0. The van der Waals surface area contributed by atoms with E-state index in [0.717, 1.165) is 18.2 Å². The van der Waals surface area contributed by atoms with Crippen LogP contribution in [-0.2, 0) is 6.42 Å². The molecule has 0 radical (unpaired) electrons. The van der Waals surface area contributed by atoms with E-state index >= 15 is 0 Å². The molecule has 0 spiro atoms. The fraction of sp³-hybridized carbons (Fsp3) is 0.273. The average Bonchev–Trinajstić information content (AvgIpc) is 2.73. The standard InChI is InChI=1S/C11H12F2N4/c12-8-4-9(13)6-11(5-8)17-7-10(15-16-17)2-1-3-14/h4-7H,1-3,14H2. The van der Waals surface area contributed by atoms with E-state index in [1.807, 2.05) is 0 Å². The van der Waals surface area contributed by atoms with E-state index in [2.05, 4.69) is 10.3 Å². The second kappa shape index (κ2) is 5.01. The highest BCUT2D eigenvalue weighted by atomic mass is 19.1. The molecule has 1 aromatic heterocycles. The largest absolute Gasteiger partial charge is 0.330 e. The van der Waals surface area contributed by atoms with Crippen LogP contribution in [0.2, 0.25) is 0 Å². The van der Waals surface area contributed by atoms with Crippen molar-refractivity contribution in [2.75, 3.05) is 6.54 Å². The van der Waals surface area contributed by atoms with E-state index in [-0.39, 0.29) is 0 Å². The van der Waals surface area contributed by atoms with E-state index in [1.54, 1.807) is 6.20 Å². The van der Waals surface area contributed by atoms with Crippen LogP contribution in [-0.4, -0.2) is 21.5 Å². The first-order valence-electron chi connectivity index (χ1n) is 5.27. The summed E-state index contributed by atoms with van der Waals surface area (Å²) in [6, 6.07) is 3.21. The van der Waals surface area contributed by atoms with Gasteiger partial charge in [-0.15, -0.1) is 5.10 Å². The Morgan fingerprint density at radius 3 is 2.53 bits per heavy atom. The molecule has 0 bridgehead atoms. The molecular weight excluding hydrogens is 226 g/mol. The zero-order chi connectivity index (χ0) is 12.3. The van der Waals surface area contributed by atoms with Crippen molar-refractivity contribution in [1.29, 1.82) is 0 Å². The van der Waals surface area contributed by atoms with Crippen LogP contribution in [0.3, 0.4) is 0 Å². The Bertz CT molecular complexity index is 490. The van der Waals surface area contributed by atoms with Gasteiger partial charge in [-0.2, -0.15) is 0 Å². The smallest absolute Gasteiger partial charge is 0.128 e. The first kappa shape index (κ1) is 11.7. The van der Waals surface area contributed by atoms with E-state index in [4.69, 9.17) is 5.73 Å². The van der Waals surface area contributed by atoms with Crippen LogP contribution in [0.5, 0.6) is 0 Å². The minimum Gasteiger partial charge on any atom is -0.330 e. The Morgan fingerprint density at radius 2 is 1.88 bits per heavy atom. The third-order valence-electron chi connectivity index (χ3n) is 2.29. The molecule has 0 fully saturated rings. The van der Waals surface area contributed by atoms with E-state index in [1.165, 1.54) is 16.8 Å². The molecule has 0 saturated carbocycles. The maximum atomic E-state index is 13.0. The molecule has 0 aliphatic carbocycles. The second-order valence-electron chi connectivity index (χ2n) is 3.67. The van der Waals surface area contributed by atoms with Gasteiger partial charge in [-0.3, -0.25) is 0 Å². The van der Waals surface area contributed by atoms with Crippen molar-refractivity contribution in [2.24, 2.45) is 5.73 Å². The van der Waals surface area contributed by atoms with Crippen molar-refractivity contribution in [2.45, 2.75) is 12.8 Å². The quantitative estimate of drug-likeness (QED) is 0.876. The van der Waals surface area contributed by atoms with Crippen molar-refractivity contribution in [1.82, 2.24) is 15.0 Å². The molecule has 17 heavy (non-hydrogen) atoms. The molecule has 6 heteroatoms. The molecule has 0 amide bonds. The van der Waals surface area contributed by atoms with Gasteiger partial charge >= 0.3 is 0 Å². The number of nitrogens with two attached hydrogens (primary N) is 1. The molecule has 0 aliphatic heterocycles. The Morgan fingerprint density at radius 1 is 1.18 bits per heavy atom. The van der Waals surface area contributed by atoms with Crippen LogP contribution < -0.4 is 5.73 Å². The lowest BCUT2D eigenvalue weighted by Crippen LogP contribution is -2.00. The second-order valence-corrected chi connectivity index (χ2v) is 3.67. The number of nitrogens with zero attached hydrogens (tertiary/aromatic N) is 3. The van der Waals surface area contributed by atoms with Crippen molar-refractivity contribution >= 4 is 0 Å². The van der Waals surface area contributed by atoms with E-state index in [0.29, 0.717) is 18.7 Å². The van der Waals surface area contributed by atoms with Gasteiger partial charge in [0.1, 0.15) is 11.6 Å². The zero-order valence-electron chi connectivity index (χ0n) is 9.11. The van der Waals surface area contributed by atoms with Gasteiger partial charge in [0.15, 0.2) is 0 Å². The van der Waals surface area contributed by atoms with Crippen molar-refractivity contribution in [3.63, 3.8) is 0 Å². The fourth-order valence-electron chi connectivity index (χ4n) is 1.49. The molecule has 4 nitrogen and oxygen atoms in total. The van der Waals surface area contributed by atoms with Crippen LogP contribution in [0.15, 0.2) is 24.4 Å². The molecule has 0 saturated heterocycles. The predicted octanol–water partition coefficient (Wildman–Crippen LogP) is 1.44. The summed E-state index contributed by atoms with van der Waals surface area (Å²) in [7, 11) is 0. The summed E-state index contributed by atoms with van der Waals surface area (Å²) >= 11 is 0. The van der Waals surface area contributed by atoms with Crippen molar-refractivity contribution in [3.05, 3.63) is 41.7 Å². The normalized spacial score (nSPS) is 10.8. The summed E-state index contributed by atoms with van der Waals surface area (Å²) in [5.74, 6) is -1.28. The number of hydrogen-bond donors (Lipinski definition) is 1. The first-order valence-corrected chi connectivity index (χ1v) is 5.27. The van der Waals surface area contributed by atoms with Crippen molar-refractivity contribution < 1.29 is 8.78 Å². The lowest BCUT2D eigenvalue weighted by molar-refractivity contribution is 0.579. The highest BCUT2D eigenvalue weighted by molar-refractivity contribution is 5.31. The maximum absolute atomic E-state index is 13.0. The van der Waals surface area contributed by atoms with Crippen LogP contribution in [0.25, 0.3) is 5.69 Å². The molecule has 2 N–H and O–H groups in total. The number of aromatic nitrogens is 3. The Balaban J connectivity index is 2.24. The van der Waals surface area contributed by atoms with Gasteiger partial charge in [-0.05, 0) is 31.5 Å². The third-order valence-corrected chi connectivity index (χ3v) is 2.29. The van der Waals surface area contributed by atoms with E-state index in [9.17, 15) is 8.78 Å². The predicted molar refractivity (Wildman–Crippen MR) is 58.7 cm³/mol. The van der Waals surface area contributed by atoms with Gasteiger partial charge in [0.25, 0.3) is 0 Å². The molecule has 1 heterocycles. The molecule has 90 valence electrons. The molecule has 2 aromatic rings. The van der Waals surface area contributed by atoms with Crippen LogP contribution >= 0.6 is 0 Å². The fourth-order valence-corrected chi connectivity index (χ4v) is 1.49. The lowest BCUT2D eigenvalue weighted by atomic mass is 10.2. The Hall–Kier alpha value is -1.82. The molecule has 0 atom stereocenters. The summed E-state index contributed by atoms with van der Waals surface area (Å²) < 4.78 is 27.4. The average molecular weight is 238 g/mol. The van der Waals surface area contributed by atoms with Gasteiger partial charge in [-0.1, -0.05) is 5.21 Å². The summed E-state index contributed by atoms with van der Waals surface area (Å²) in [5.41, 5.74) is 6.44. The van der Waals surface area contributed by atoms with E-state index < -0.39 is 11.6 Å². The van der Waals surface area contributed by atoms with Crippen LogP contribution in [0.1, 0.15) is 12.1 Å². The maximum Gasteiger partial charge on any atom is 0.128 e. The molecule has 1 aromatic carbocycles. The van der Waals surface area contributed by atoms with Gasteiger partial charge in [0.05, 0.1) is 17.6 Å². The van der Waals surface area contributed by atoms with Gasteiger partial charge in [0.2, 0.25) is 0 Å². The minimum atomic E-state index is -0.640. The summed E-state index contributed by atoms with van der Waals surface area (Å²) in [6.45, 7) is 0.571. The molecular formula is C11H12F2N4. The number of aryl methyl sites for hydroxylation is 1. The molecule has 0 unspecified atom stereocenters. The Kier molecular flexibility index (Phi) is 3.43. The summed E-state index contributed by atoms with van der Waals surface area (Å²) in [6.07, 6.45) is 3.15. The SMILES string of the molecule is NCCCc1cn(-c2cc(F)cc(F)c2)nn1. The molecule has 2 rings (SSSR count). The first-order chi connectivity index (χ1) is 8.19. The number of rotatable bonds is 4. The highest BCUT2D eigenvalue weighted by Gasteiger charge is 2.05. The number of halogens is 2. The zero-order valence-corrected chi connectivity index (χ0v) is 9.11. The monoisotopic (exact) mass is 238 g/mol. The third kappa shape index (κ3) is 2.85. The van der Waals surface area contributed by atoms with Crippen LogP contribution in [0, 0.1) is 11.6 Å². The van der Waals surface area contributed by atoms with Crippen LogP contribution in [0.4, 0.5) is 8.78 Å². The Labute approximate surface area is 97.0 Å². The number of benzene rings is 1. The van der Waals surface area contributed by atoms with Gasteiger partial charge < -0.3 is 5.73 Å². The molecule has 0 aliphatic rings. The highest BCUT2D eigenvalue weighted by Crippen LogP contribution is 2.12. The van der Waals surface area contributed by atoms with Gasteiger partial charge in [-0.25, -0.2) is 13.5 Å². The van der Waals surface area contributed by atoms with Crippen molar-refractivity contribution in [3.8, 4) is 5.69 Å². The topological polar surface area (TPSA) is 56.7 Å².